The lowest BCUT2D eigenvalue weighted by Crippen LogP contribution is -2.04. The highest BCUT2D eigenvalue weighted by Crippen LogP contribution is 2.21. The van der Waals surface area contributed by atoms with Crippen LogP contribution in [0, 0.1) is 13.8 Å². The molecule has 0 fully saturated rings. The number of aromatic nitrogens is 2. The lowest BCUT2D eigenvalue weighted by atomic mass is 10.1. The van der Waals surface area contributed by atoms with E-state index in [-0.39, 0.29) is 0 Å². The molecule has 0 bridgehead atoms. The minimum absolute atomic E-state index is 0.574. The number of nitrogens with one attached hydrogen (secondary N) is 2. The zero-order valence-corrected chi connectivity index (χ0v) is 14.4. The number of hydrogen-bond acceptors (Lipinski definition) is 4. The maximum Gasteiger partial charge on any atom is 0.229 e. The molecule has 0 atom stereocenters. The fourth-order valence-corrected chi connectivity index (χ4v) is 2.45. The number of aryl methyl sites for hydroxylation is 1. The van der Waals surface area contributed by atoms with E-state index in [9.17, 15) is 0 Å². The monoisotopic (exact) mass is 338 g/mol. The van der Waals surface area contributed by atoms with Crippen LogP contribution in [0.25, 0.3) is 0 Å². The molecule has 24 heavy (non-hydrogen) atoms. The van der Waals surface area contributed by atoms with Crippen LogP contribution in [0.1, 0.15) is 16.7 Å². The van der Waals surface area contributed by atoms with Gasteiger partial charge >= 0.3 is 0 Å². The molecule has 4 nitrogen and oxygen atoms in total. The molecule has 1 aromatic heterocycles. The Labute approximate surface area is 146 Å². The number of hydrogen-bond donors (Lipinski definition) is 2. The van der Waals surface area contributed by atoms with Crippen molar-refractivity contribution in [1.29, 1.82) is 0 Å². The third-order valence-corrected chi connectivity index (χ3v) is 4.15. The van der Waals surface area contributed by atoms with Crippen LogP contribution >= 0.6 is 11.6 Å². The summed E-state index contributed by atoms with van der Waals surface area (Å²) >= 11 is 5.90. The van der Waals surface area contributed by atoms with Gasteiger partial charge in [0.1, 0.15) is 5.82 Å². The summed E-state index contributed by atoms with van der Waals surface area (Å²) in [7, 11) is 0. The quantitative estimate of drug-likeness (QED) is 0.679. The lowest BCUT2D eigenvalue weighted by Gasteiger charge is -2.11. The SMILES string of the molecule is Cc1cccc(Nc2nccc(NCc3ccc(Cl)cc3)n2)c1C. The van der Waals surface area contributed by atoms with Gasteiger partial charge in [-0.15, -0.1) is 0 Å². The van der Waals surface area contributed by atoms with Crippen LogP contribution in [0.4, 0.5) is 17.5 Å². The van der Waals surface area contributed by atoms with E-state index in [1.54, 1.807) is 6.20 Å². The van der Waals surface area contributed by atoms with Gasteiger partial charge in [0.05, 0.1) is 0 Å². The molecule has 0 aliphatic heterocycles. The average Bonchev–Trinajstić information content (AvgIpc) is 2.59. The normalized spacial score (nSPS) is 10.5. The predicted molar refractivity (Wildman–Crippen MR) is 100 cm³/mol. The van der Waals surface area contributed by atoms with E-state index in [0.29, 0.717) is 12.5 Å². The molecule has 3 rings (SSSR count). The standard InChI is InChI=1S/C19H19ClN4/c1-13-4-3-5-17(14(13)2)23-19-21-11-10-18(24-19)22-12-15-6-8-16(20)9-7-15/h3-11H,12H2,1-2H3,(H2,21,22,23,24). The van der Waals surface area contributed by atoms with Crippen LogP contribution in [-0.4, -0.2) is 9.97 Å². The van der Waals surface area contributed by atoms with Gasteiger partial charge in [0.15, 0.2) is 0 Å². The van der Waals surface area contributed by atoms with Gasteiger partial charge in [-0.3, -0.25) is 0 Å². The summed E-state index contributed by atoms with van der Waals surface area (Å²) in [6.45, 7) is 4.85. The summed E-state index contributed by atoms with van der Waals surface area (Å²) in [6.07, 6.45) is 1.74. The van der Waals surface area contributed by atoms with Gasteiger partial charge in [0.25, 0.3) is 0 Å². The molecule has 0 amide bonds. The van der Waals surface area contributed by atoms with Crippen molar-refractivity contribution in [3.05, 3.63) is 76.4 Å². The van der Waals surface area contributed by atoms with Gasteiger partial charge in [-0.2, -0.15) is 4.98 Å². The summed E-state index contributed by atoms with van der Waals surface area (Å²) in [5.41, 5.74) is 4.59. The second-order valence-electron chi connectivity index (χ2n) is 5.62. The van der Waals surface area contributed by atoms with Gasteiger partial charge in [0, 0.05) is 23.5 Å². The van der Waals surface area contributed by atoms with Crippen molar-refractivity contribution in [1.82, 2.24) is 9.97 Å². The van der Waals surface area contributed by atoms with Gasteiger partial charge < -0.3 is 10.6 Å². The van der Waals surface area contributed by atoms with Crippen molar-refractivity contribution in [2.75, 3.05) is 10.6 Å². The first-order valence-corrected chi connectivity index (χ1v) is 8.14. The molecule has 0 aliphatic carbocycles. The van der Waals surface area contributed by atoms with E-state index in [4.69, 9.17) is 11.6 Å². The maximum atomic E-state index is 5.90. The van der Waals surface area contributed by atoms with Crippen LogP contribution < -0.4 is 10.6 Å². The van der Waals surface area contributed by atoms with Crippen molar-refractivity contribution in [3.8, 4) is 0 Å². The molecule has 0 aliphatic rings. The second kappa shape index (κ2) is 7.32. The third-order valence-electron chi connectivity index (χ3n) is 3.89. The third kappa shape index (κ3) is 4.03. The molecular weight excluding hydrogens is 320 g/mol. The van der Waals surface area contributed by atoms with Crippen molar-refractivity contribution in [2.45, 2.75) is 20.4 Å². The van der Waals surface area contributed by atoms with E-state index in [1.807, 2.05) is 42.5 Å². The molecule has 3 aromatic rings. The predicted octanol–water partition coefficient (Wildman–Crippen LogP) is 5.10. The smallest absolute Gasteiger partial charge is 0.229 e. The Bertz CT molecular complexity index is 831. The molecule has 0 saturated heterocycles. The van der Waals surface area contributed by atoms with Crippen LogP contribution in [0.2, 0.25) is 5.02 Å². The highest BCUT2D eigenvalue weighted by atomic mass is 35.5. The Balaban J connectivity index is 1.69. The van der Waals surface area contributed by atoms with E-state index >= 15 is 0 Å². The molecule has 2 N–H and O–H groups in total. The van der Waals surface area contributed by atoms with Gasteiger partial charge in [-0.1, -0.05) is 35.9 Å². The molecular formula is C19H19ClN4. The number of halogens is 1. The minimum Gasteiger partial charge on any atom is -0.366 e. The Morgan fingerprint density at radius 2 is 1.79 bits per heavy atom. The highest BCUT2D eigenvalue weighted by molar-refractivity contribution is 6.30. The van der Waals surface area contributed by atoms with E-state index < -0.39 is 0 Å². The molecule has 0 unspecified atom stereocenters. The number of benzene rings is 2. The van der Waals surface area contributed by atoms with E-state index in [0.717, 1.165) is 22.1 Å². The molecule has 0 radical (unpaired) electrons. The fraction of sp³-hybridized carbons (Fsp3) is 0.158. The molecule has 1 heterocycles. The first-order chi connectivity index (χ1) is 11.6. The Hall–Kier alpha value is -2.59. The van der Waals surface area contributed by atoms with Crippen molar-refractivity contribution in [3.63, 3.8) is 0 Å². The largest absolute Gasteiger partial charge is 0.366 e. The summed E-state index contributed by atoms with van der Waals surface area (Å²) in [5.74, 6) is 1.34. The summed E-state index contributed by atoms with van der Waals surface area (Å²) in [4.78, 5) is 8.80. The summed E-state index contributed by atoms with van der Waals surface area (Å²) in [5, 5.41) is 7.31. The zero-order chi connectivity index (χ0) is 16.9. The fourth-order valence-electron chi connectivity index (χ4n) is 2.32. The molecule has 2 aromatic carbocycles. The number of rotatable bonds is 5. The first-order valence-electron chi connectivity index (χ1n) is 7.76. The Morgan fingerprint density at radius 1 is 1.00 bits per heavy atom. The van der Waals surface area contributed by atoms with Gasteiger partial charge in [0.2, 0.25) is 5.95 Å². The maximum absolute atomic E-state index is 5.90. The van der Waals surface area contributed by atoms with Crippen LogP contribution in [0.15, 0.2) is 54.7 Å². The Kier molecular flexibility index (Phi) is 4.96. The Morgan fingerprint density at radius 3 is 2.58 bits per heavy atom. The van der Waals surface area contributed by atoms with Crippen molar-refractivity contribution in [2.24, 2.45) is 0 Å². The van der Waals surface area contributed by atoms with E-state index in [1.165, 1.54) is 11.1 Å². The lowest BCUT2D eigenvalue weighted by molar-refractivity contribution is 1.08. The van der Waals surface area contributed by atoms with E-state index in [2.05, 4.69) is 40.5 Å². The van der Waals surface area contributed by atoms with Gasteiger partial charge in [-0.05, 0) is 54.8 Å². The molecule has 0 spiro atoms. The van der Waals surface area contributed by atoms with Gasteiger partial charge in [-0.25, -0.2) is 4.98 Å². The summed E-state index contributed by atoms with van der Waals surface area (Å²) in [6, 6.07) is 15.7. The number of nitrogens with zero attached hydrogens (tertiary/aromatic N) is 2. The molecule has 0 saturated carbocycles. The first kappa shape index (κ1) is 16.3. The average molecular weight is 339 g/mol. The van der Waals surface area contributed by atoms with Crippen molar-refractivity contribution < 1.29 is 0 Å². The highest BCUT2D eigenvalue weighted by Gasteiger charge is 2.04. The molecule has 5 heteroatoms. The van der Waals surface area contributed by atoms with Crippen LogP contribution in [0.5, 0.6) is 0 Å². The summed E-state index contributed by atoms with van der Waals surface area (Å²) < 4.78 is 0. The van der Waals surface area contributed by atoms with Crippen molar-refractivity contribution >= 4 is 29.1 Å². The number of anilines is 3. The van der Waals surface area contributed by atoms with Crippen LogP contribution in [-0.2, 0) is 6.54 Å². The molecule has 122 valence electrons. The van der Waals surface area contributed by atoms with Crippen LogP contribution in [0.3, 0.4) is 0 Å². The second-order valence-corrected chi connectivity index (χ2v) is 6.05. The minimum atomic E-state index is 0.574. The zero-order valence-electron chi connectivity index (χ0n) is 13.7. The topological polar surface area (TPSA) is 49.8 Å².